The lowest BCUT2D eigenvalue weighted by Gasteiger charge is -2.37. The first-order valence-electron chi connectivity index (χ1n) is 12.6. The quantitative estimate of drug-likeness (QED) is 0.667. The Morgan fingerprint density at radius 1 is 0.943 bits per heavy atom. The molecule has 2 aromatic carbocycles. The average molecular weight is 477 g/mol. The number of hydrogen-bond donors (Lipinski definition) is 2. The van der Waals surface area contributed by atoms with Gasteiger partial charge in [-0.05, 0) is 61.3 Å². The highest BCUT2D eigenvalue weighted by atomic mass is 16.5. The molecule has 184 valence electrons. The number of carbonyl (C=O) groups excluding carboxylic acids is 2. The molecule has 0 bridgehead atoms. The zero-order valence-corrected chi connectivity index (χ0v) is 20.0. The molecule has 0 unspecified atom stereocenters. The van der Waals surface area contributed by atoms with Gasteiger partial charge in [-0.1, -0.05) is 48.5 Å². The Hall–Kier alpha value is -3.35. The second-order valence-corrected chi connectivity index (χ2v) is 10.1. The predicted molar refractivity (Wildman–Crippen MR) is 131 cm³/mol. The molecule has 4 atom stereocenters. The van der Waals surface area contributed by atoms with Gasteiger partial charge in [-0.15, -0.1) is 0 Å². The number of rotatable bonds is 5. The molecule has 1 saturated carbocycles. The zero-order chi connectivity index (χ0) is 24.5. The Labute approximate surface area is 205 Å². The van der Waals surface area contributed by atoms with Gasteiger partial charge in [0.2, 0.25) is 5.91 Å². The van der Waals surface area contributed by atoms with Gasteiger partial charge in [0.1, 0.15) is 6.61 Å². The maximum atomic E-state index is 13.1. The molecule has 7 heteroatoms. The number of hydrogen-bond acceptors (Lipinski definition) is 4. The Morgan fingerprint density at radius 2 is 1.60 bits per heavy atom. The van der Waals surface area contributed by atoms with Gasteiger partial charge in [0.05, 0.1) is 5.92 Å². The van der Waals surface area contributed by atoms with Crippen LogP contribution in [0.3, 0.4) is 0 Å². The van der Waals surface area contributed by atoms with Crippen LogP contribution < -0.4 is 5.32 Å². The lowest BCUT2D eigenvalue weighted by atomic mass is 9.90. The van der Waals surface area contributed by atoms with Crippen molar-refractivity contribution in [1.82, 2.24) is 10.2 Å². The molecule has 3 aliphatic rings. The van der Waals surface area contributed by atoms with Crippen LogP contribution in [0.25, 0.3) is 11.1 Å². The molecule has 1 saturated heterocycles. The summed E-state index contributed by atoms with van der Waals surface area (Å²) in [7, 11) is 0. The largest absolute Gasteiger partial charge is 0.481 e. The summed E-state index contributed by atoms with van der Waals surface area (Å²) in [6, 6.07) is 16.3. The van der Waals surface area contributed by atoms with Crippen LogP contribution in [0.4, 0.5) is 4.79 Å². The van der Waals surface area contributed by atoms with Gasteiger partial charge in [0.25, 0.3) is 0 Å². The highest BCUT2D eigenvalue weighted by Gasteiger charge is 2.38. The topological polar surface area (TPSA) is 95.9 Å². The van der Waals surface area contributed by atoms with E-state index in [1.54, 1.807) is 0 Å². The van der Waals surface area contributed by atoms with Crippen molar-refractivity contribution in [2.75, 3.05) is 13.2 Å². The molecule has 2 aromatic rings. The van der Waals surface area contributed by atoms with Crippen molar-refractivity contribution in [2.24, 2.45) is 11.8 Å². The molecule has 7 nitrogen and oxygen atoms in total. The molecule has 2 amide bonds. The lowest BCUT2D eigenvalue weighted by molar-refractivity contribution is -0.148. The Kier molecular flexibility index (Phi) is 6.50. The number of aliphatic carboxylic acids is 1. The van der Waals surface area contributed by atoms with Gasteiger partial charge in [0, 0.05) is 30.5 Å². The SMILES string of the molecule is C[C@@H]1C[C@H](C(=O)O)CCN1C(=O)[C@@H]1CC[C@H](NC(=O)OCC2c3ccccc3-c3ccccc32)C1. The van der Waals surface area contributed by atoms with Gasteiger partial charge in [-0.2, -0.15) is 0 Å². The Balaban J connectivity index is 1.13. The van der Waals surface area contributed by atoms with Crippen molar-refractivity contribution in [3.63, 3.8) is 0 Å². The molecule has 35 heavy (non-hydrogen) atoms. The number of likely N-dealkylation sites (tertiary alicyclic amines) is 1. The number of carbonyl (C=O) groups is 3. The summed E-state index contributed by atoms with van der Waals surface area (Å²) < 4.78 is 5.66. The van der Waals surface area contributed by atoms with Crippen molar-refractivity contribution in [3.05, 3.63) is 59.7 Å². The molecule has 0 spiro atoms. The zero-order valence-electron chi connectivity index (χ0n) is 20.0. The molecule has 1 aliphatic heterocycles. The standard InChI is InChI=1S/C28H32N2O5/c1-17-14-19(27(32)33)12-13-30(17)26(31)18-10-11-20(15-18)29-28(34)35-16-25-23-8-4-2-6-21(23)22-7-3-5-9-24(22)25/h2-9,17-20,25H,10-16H2,1H3,(H,29,34)(H,32,33)/t17-,18-,19-,20+/m1/s1. The van der Waals surface area contributed by atoms with E-state index in [1.165, 1.54) is 22.3 Å². The van der Waals surface area contributed by atoms with Crippen LogP contribution in [0, 0.1) is 11.8 Å². The van der Waals surface area contributed by atoms with Crippen LogP contribution in [-0.4, -0.2) is 53.2 Å². The highest BCUT2D eigenvalue weighted by Crippen LogP contribution is 2.44. The van der Waals surface area contributed by atoms with E-state index in [0.29, 0.717) is 25.8 Å². The number of benzene rings is 2. The van der Waals surface area contributed by atoms with Crippen LogP contribution in [-0.2, 0) is 14.3 Å². The molecule has 5 rings (SSSR count). The minimum atomic E-state index is -0.780. The maximum absolute atomic E-state index is 13.1. The third-order valence-electron chi connectivity index (χ3n) is 7.96. The van der Waals surface area contributed by atoms with E-state index in [2.05, 4.69) is 29.6 Å². The number of piperidine rings is 1. The normalized spacial score (nSPS) is 25.6. The lowest BCUT2D eigenvalue weighted by Crippen LogP contribution is -2.48. The Bertz CT molecular complexity index is 1090. The second-order valence-electron chi connectivity index (χ2n) is 10.1. The van der Waals surface area contributed by atoms with E-state index in [1.807, 2.05) is 36.1 Å². The molecule has 2 fully saturated rings. The minimum Gasteiger partial charge on any atom is -0.481 e. The average Bonchev–Trinajstić information content (AvgIpc) is 3.45. The Morgan fingerprint density at radius 3 is 2.23 bits per heavy atom. The van der Waals surface area contributed by atoms with Crippen LogP contribution in [0.5, 0.6) is 0 Å². The highest BCUT2D eigenvalue weighted by molar-refractivity contribution is 5.81. The van der Waals surface area contributed by atoms with E-state index < -0.39 is 12.1 Å². The summed E-state index contributed by atoms with van der Waals surface area (Å²) in [5.74, 6) is -1.20. The number of amides is 2. The van der Waals surface area contributed by atoms with Crippen LogP contribution in [0.1, 0.15) is 56.1 Å². The van der Waals surface area contributed by atoms with E-state index in [0.717, 1.165) is 12.8 Å². The van der Waals surface area contributed by atoms with Gasteiger partial charge in [-0.3, -0.25) is 9.59 Å². The van der Waals surface area contributed by atoms with Gasteiger partial charge in [-0.25, -0.2) is 4.79 Å². The molecule has 2 aliphatic carbocycles. The van der Waals surface area contributed by atoms with Crippen molar-refractivity contribution in [1.29, 1.82) is 0 Å². The summed E-state index contributed by atoms with van der Waals surface area (Å²) in [4.78, 5) is 38.8. The monoisotopic (exact) mass is 476 g/mol. The van der Waals surface area contributed by atoms with Crippen molar-refractivity contribution < 1.29 is 24.2 Å². The number of nitrogens with one attached hydrogen (secondary N) is 1. The van der Waals surface area contributed by atoms with E-state index in [4.69, 9.17) is 4.74 Å². The van der Waals surface area contributed by atoms with Crippen LogP contribution in [0.2, 0.25) is 0 Å². The second kappa shape index (κ2) is 9.72. The summed E-state index contributed by atoms with van der Waals surface area (Å²) in [6.07, 6.45) is 2.60. The fourth-order valence-electron chi connectivity index (χ4n) is 6.10. The van der Waals surface area contributed by atoms with Gasteiger partial charge in [0.15, 0.2) is 0 Å². The third-order valence-corrected chi connectivity index (χ3v) is 7.96. The van der Waals surface area contributed by atoms with Crippen LogP contribution in [0.15, 0.2) is 48.5 Å². The van der Waals surface area contributed by atoms with Crippen molar-refractivity contribution in [2.45, 2.75) is 57.0 Å². The number of ether oxygens (including phenoxy) is 1. The van der Waals surface area contributed by atoms with Crippen molar-refractivity contribution >= 4 is 18.0 Å². The maximum Gasteiger partial charge on any atom is 0.407 e. The summed E-state index contributed by atoms with van der Waals surface area (Å²) >= 11 is 0. The van der Waals surface area contributed by atoms with Crippen molar-refractivity contribution in [3.8, 4) is 11.1 Å². The summed E-state index contributed by atoms with van der Waals surface area (Å²) in [6.45, 7) is 2.68. The first kappa shape index (κ1) is 23.4. The molecular formula is C28H32N2O5. The number of nitrogens with zero attached hydrogens (tertiary/aromatic N) is 1. The van der Waals surface area contributed by atoms with Gasteiger partial charge >= 0.3 is 12.1 Å². The number of alkyl carbamates (subject to hydrolysis) is 1. The third kappa shape index (κ3) is 4.64. The summed E-state index contributed by atoms with van der Waals surface area (Å²) in [5.41, 5.74) is 4.73. The molecule has 1 heterocycles. The first-order chi connectivity index (χ1) is 16.9. The smallest absolute Gasteiger partial charge is 0.407 e. The number of fused-ring (bicyclic) bond motifs is 3. The van der Waals surface area contributed by atoms with Gasteiger partial charge < -0.3 is 20.1 Å². The van der Waals surface area contributed by atoms with E-state index in [-0.39, 0.29) is 42.4 Å². The van der Waals surface area contributed by atoms with Crippen LogP contribution >= 0.6 is 0 Å². The fraction of sp³-hybridized carbons (Fsp3) is 0.464. The predicted octanol–water partition coefficient (Wildman–Crippen LogP) is 4.41. The molecule has 0 radical (unpaired) electrons. The molecular weight excluding hydrogens is 444 g/mol. The summed E-state index contributed by atoms with van der Waals surface area (Å²) in [5, 5.41) is 12.2. The number of carboxylic acids is 1. The fourth-order valence-corrected chi connectivity index (χ4v) is 6.10. The minimum absolute atomic E-state index is 0.0151. The van der Waals surface area contributed by atoms with E-state index in [9.17, 15) is 19.5 Å². The number of carboxylic acid groups (broad SMARTS) is 1. The van der Waals surface area contributed by atoms with E-state index >= 15 is 0 Å². The first-order valence-corrected chi connectivity index (χ1v) is 12.6. The molecule has 2 N–H and O–H groups in total. The molecule has 0 aromatic heterocycles.